The minimum atomic E-state index is -1.27. The molecule has 1 aromatic heterocycles. The molecule has 2 saturated heterocycles. The third-order valence-corrected chi connectivity index (χ3v) is 10.1. The molecule has 2 aliphatic carbocycles. The molecule has 3 heterocycles. The van der Waals surface area contributed by atoms with Crippen LogP contribution in [0, 0.1) is 21.7 Å². The van der Waals surface area contributed by atoms with Gasteiger partial charge in [-0.25, -0.2) is 4.98 Å². The highest BCUT2D eigenvalue weighted by Crippen LogP contribution is 2.66. The van der Waals surface area contributed by atoms with E-state index in [1.165, 1.54) is 0 Å². The average molecular weight is 470 g/mol. The van der Waals surface area contributed by atoms with E-state index in [1.54, 1.807) is 18.2 Å². The molecule has 0 aromatic carbocycles. The van der Waals surface area contributed by atoms with E-state index in [-0.39, 0.29) is 23.6 Å². The Morgan fingerprint density at radius 3 is 1.41 bits per heavy atom. The van der Waals surface area contributed by atoms with Crippen LogP contribution >= 0.6 is 0 Å². The molecule has 1 aromatic rings. The van der Waals surface area contributed by atoms with Gasteiger partial charge in [-0.1, -0.05) is 33.8 Å². The number of pyridine rings is 1. The highest BCUT2D eigenvalue weighted by Gasteiger charge is 2.76. The van der Waals surface area contributed by atoms with Gasteiger partial charge in [0, 0.05) is 10.8 Å². The summed E-state index contributed by atoms with van der Waals surface area (Å²) in [7, 11) is 0. The Morgan fingerprint density at radius 1 is 0.735 bits per heavy atom. The number of esters is 2. The fourth-order valence-corrected chi connectivity index (χ4v) is 6.50. The van der Waals surface area contributed by atoms with Gasteiger partial charge in [0.25, 0.3) is 11.8 Å². The normalized spacial score (nSPS) is 38.4. The van der Waals surface area contributed by atoms with Crippen molar-refractivity contribution in [2.75, 3.05) is 10.6 Å². The monoisotopic (exact) mass is 469 g/mol. The minimum absolute atomic E-state index is 0.223. The quantitative estimate of drug-likeness (QED) is 0.649. The highest BCUT2D eigenvalue weighted by atomic mass is 16.6. The minimum Gasteiger partial charge on any atom is -0.448 e. The zero-order valence-corrected chi connectivity index (χ0v) is 20.5. The Labute approximate surface area is 198 Å². The lowest BCUT2D eigenvalue weighted by atomic mass is 9.66. The van der Waals surface area contributed by atoms with Gasteiger partial charge >= 0.3 is 11.9 Å². The van der Waals surface area contributed by atoms with Crippen molar-refractivity contribution in [2.45, 2.75) is 78.4 Å². The third-order valence-electron chi connectivity index (χ3n) is 10.1. The molecule has 2 aliphatic heterocycles. The molecule has 9 nitrogen and oxygen atoms in total. The maximum absolute atomic E-state index is 13.3. The van der Waals surface area contributed by atoms with Gasteiger partial charge in [0.1, 0.15) is 11.6 Å². The van der Waals surface area contributed by atoms with E-state index >= 15 is 0 Å². The summed E-state index contributed by atoms with van der Waals surface area (Å²) in [4.78, 5) is 56.0. The topological polar surface area (TPSA) is 124 Å². The van der Waals surface area contributed by atoms with Crippen LogP contribution in [0.25, 0.3) is 0 Å². The molecule has 0 spiro atoms. The van der Waals surface area contributed by atoms with Crippen LogP contribution in [0.1, 0.15) is 67.2 Å². The van der Waals surface area contributed by atoms with Crippen molar-refractivity contribution < 1.29 is 28.7 Å². The summed E-state index contributed by atoms with van der Waals surface area (Å²) in [5.74, 6) is -1.13. The van der Waals surface area contributed by atoms with Crippen molar-refractivity contribution in [3.8, 4) is 0 Å². The Balaban J connectivity index is 1.36. The Hall–Kier alpha value is -2.97. The van der Waals surface area contributed by atoms with Crippen LogP contribution in [0.4, 0.5) is 11.6 Å². The number of carbonyl (C=O) groups is 4. The molecule has 4 bridgehead atoms. The first kappa shape index (κ1) is 22.8. The fourth-order valence-electron chi connectivity index (χ4n) is 6.50. The second-order valence-corrected chi connectivity index (χ2v) is 11.7. The van der Waals surface area contributed by atoms with Gasteiger partial charge in [-0.2, -0.15) is 0 Å². The van der Waals surface area contributed by atoms with Gasteiger partial charge in [0.05, 0.1) is 10.8 Å². The van der Waals surface area contributed by atoms with Crippen LogP contribution in [0.15, 0.2) is 18.2 Å². The van der Waals surface area contributed by atoms with Crippen LogP contribution in [0.3, 0.4) is 0 Å². The summed E-state index contributed by atoms with van der Waals surface area (Å²) < 4.78 is 11.3. The molecule has 9 heteroatoms. The molecule has 2 amide bonds. The highest BCUT2D eigenvalue weighted by molar-refractivity contribution is 6.04. The summed E-state index contributed by atoms with van der Waals surface area (Å²) in [5, 5.41) is 5.55. The first-order valence-electron chi connectivity index (χ1n) is 11.7. The van der Waals surface area contributed by atoms with Crippen molar-refractivity contribution in [1.29, 1.82) is 0 Å². The van der Waals surface area contributed by atoms with E-state index in [0.717, 1.165) is 0 Å². The van der Waals surface area contributed by atoms with Crippen molar-refractivity contribution in [2.24, 2.45) is 21.7 Å². The number of nitrogens with one attached hydrogen (secondary N) is 2. The molecule has 5 rings (SSSR count). The molecule has 34 heavy (non-hydrogen) atoms. The number of ether oxygens (including phenoxy) is 2. The number of fused-ring (bicyclic) bond motifs is 4. The molecular weight excluding hydrogens is 438 g/mol. The van der Waals surface area contributed by atoms with E-state index in [4.69, 9.17) is 9.47 Å². The molecule has 0 radical (unpaired) electrons. The van der Waals surface area contributed by atoms with Crippen LogP contribution in [0.5, 0.6) is 0 Å². The fraction of sp³-hybridized carbons (Fsp3) is 0.640. The maximum atomic E-state index is 13.3. The molecule has 182 valence electrons. The Morgan fingerprint density at radius 2 is 1.12 bits per heavy atom. The smallest absolute Gasteiger partial charge is 0.313 e. The van der Waals surface area contributed by atoms with Crippen molar-refractivity contribution in [3.63, 3.8) is 0 Å². The van der Waals surface area contributed by atoms with E-state index < -0.39 is 44.7 Å². The SMILES string of the molecule is CC1(C)[C@@]2(C(=O)Nc3cccc(NC(=O)[C@]45CC[C@](C)(C(=O)O4)C5(C)C)n3)CC[C@]1(C)C(=O)O2. The van der Waals surface area contributed by atoms with Crippen molar-refractivity contribution in [3.05, 3.63) is 18.2 Å². The van der Waals surface area contributed by atoms with E-state index in [9.17, 15) is 19.2 Å². The van der Waals surface area contributed by atoms with Crippen LogP contribution in [-0.2, 0) is 28.7 Å². The van der Waals surface area contributed by atoms with Gasteiger partial charge in [-0.05, 0) is 51.7 Å². The van der Waals surface area contributed by atoms with Crippen LogP contribution in [-0.4, -0.2) is 39.9 Å². The first-order chi connectivity index (χ1) is 15.7. The second kappa shape index (κ2) is 6.37. The zero-order valence-electron chi connectivity index (χ0n) is 20.5. The van der Waals surface area contributed by atoms with Gasteiger partial charge < -0.3 is 20.1 Å². The number of aromatic nitrogens is 1. The van der Waals surface area contributed by atoms with Crippen molar-refractivity contribution >= 4 is 35.4 Å². The molecule has 2 N–H and O–H groups in total. The number of hydrogen-bond acceptors (Lipinski definition) is 7. The largest absolute Gasteiger partial charge is 0.448 e. The van der Waals surface area contributed by atoms with Gasteiger partial charge in [0.2, 0.25) is 0 Å². The van der Waals surface area contributed by atoms with E-state index in [2.05, 4.69) is 15.6 Å². The first-order valence-corrected chi connectivity index (χ1v) is 11.7. The molecule has 2 saturated carbocycles. The van der Waals surface area contributed by atoms with Gasteiger partial charge in [-0.3, -0.25) is 19.2 Å². The summed E-state index contributed by atoms with van der Waals surface area (Å²) in [6.07, 6.45) is 2.02. The molecule has 4 fully saturated rings. The third kappa shape index (κ3) is 2.33. The van der Waals surface area contributed by atoms with Crippen LogP contribution in [0.2, 0.25) is 0 Å². The lowest BCUT2D eigenvalue weighted by Crippen LogP contribution is -2.51. The average Bonchev–Trinajstić information content (AvgIpc) is 3.22. The Bertz CT molecular complexity index is 1080. The van der Waals surface area contributed by atoms with Crippen molar-refractivity contribution in [1.82, 2.24) is 4.98 Å². The van der Waals surface area contributed by atoms with E-state index in [0.29, 0.717) is 25.7 Å². The Kier molecular flexibility index (Phi) is 4.27. The lowest BCUT2D eigenvalue weighted by Gasteiger charge is -2.35. The van der Waals surface area contributed by atoms with Gasteiger partial charge in [-0.15, -0.1) is 0 Å². The molecule has 4 aliphatic rings. The summed E-state index contributed by atoms with van der Waals surface area (Å²) >= 11 is 0. The number of hydrogen-bond donors (Lipinski definition) is 2. The number of rotatable bonds is 4. The lowest BCUT2D eigenvalue weighted by molar-refractivity contribution is -0.166. The predicted octanol–water partition coefficient (Wildman–Crippen LogP) is 3.20. The number of nitrogens with zero attached hydrogens (tertiary/aromatic N) is 1. The zero-order chi connectivity index (χ0) is 24.9. The molecular formula is C25H31N3O6. The predicted molar refractivity (Wildman–Crippen MR) is 121 cm³/mol. The number of carbonyl (C=O) groups excluding carboxylic acids is 4. The van der Waals surface area contributed by atoms with Gasteiger partial charge in [0.15, 0.2) is 11.2 Å². The van der Waals surface area contributed by atoms with E-state index in [1.807, 2.05) is 41.5 Å². The summed E-state index contributed by atoms with van der Waals surface area (Å²) in [6, 6.07) is 4.86. The standard InChI is InChI=1S/C25H31N3O6/c1-20(2)22(5)10-12-24(20,33-18(22)31)16(29)27-14-8-7-9-15(26-14)28-17(30)25-13-11-23(6,19(32)34-25)21(25,3)4/h7-9H,10-13H2,1-6H3,(H2,26,27,28,29,30)/t22-,23-,24+,25+/m1/s1. The maximum Gasteiger partial charge on any atom is 0.313 e. The van der Waals surface area contributed by atoms with Crippen LogP contribution < -0.4 is 10.6 Å². The summed E-state index contributed by atoms with van der Waals surface area (Å²) in [6.45, 7) is 11.2. The molecule has 4 atom stereocenters. The number of amides is 2. The number of anilines is 2. The summed E-state index contributed by atoms with van der Waals surface area (Å²) in [5.41, 5.74) is -5.33. The second-order valence-electron chi connectivity index (χ2n) is 11.7. The molecule has 0 unspecified atom stereocenters.